The number of carboxylic acid groups (broad SMARTS) is 1. The topological polar surface area (TPSA) is 54.4 Å². The molecule has 0 spiro atoms. The van der Waals surface area contributed by atoms with E-state index in [1.807, 2.05) is 32.0 Å². The van der Waals surface area contributed by atoms with Crippen molar-refractivity contribution < 1.29 is 14.7 Å². The van der Waals surface area contributed by atoms with E-state index in [0.29, 0.717) is 0 Å². The molecule has 17 heavy (non-hydrogen) atoms. The van der Waals surface area contributed by atoms with Crippen LogP contribution < -0.4 is 0 Å². The summed E-state index contributed by atoms with van der Waals surface area (Å²) in [4.78, 5) is 22.6. The van der Waals surface area contributed by atoms with Crippen LogP contribution in [0, 0.1) is 19.8 Å². The normalized spacial score (nSPS) is 12.2. The van der Waals surface area contributed by atoms with Gasteiger partial charge in [0.1, 0.15) is 0 Å². The Balaban J connectivity index is 2.80. The molecule has 0 bridgehead atoms. The predicted molar refractivity (Wildman–Crippen MR) is 66.3 cm³/mol. The van der Waals surface area contributed by atoms with Gasteiger partial charge in [-0.1, -0.05) is 25.1 Å². The molecule has 3 nitrogen and oxygen atoms in total. The number of aliphatic carboxylic acids is 1. The van der Waals surface area contributed by atoms with E-state index in [-0.39, 0.29) is 24.5 Å². The lowest BCUT2D eigenvalue weighted by molar-refractivity contribution is -0.137. The van der Waals surface area contributed by atoms with E-state index in [1.165, 1.54) is 0 Å². The summed E-state index contributed by atoms with van der Waals surface area (Å²) in [6, 6.07) is 5.73. The third kappa shape index (κ3) is 3.70. The first-order valence-corrected chi connectivity index (χ1v) is 5.73. The molecule has 0 amide bonds. The highest BCUT2D eigenvalue weighted by Crippen LogP contribution is 2.19. The van der Waals surface area contributed by atoms with Crippen molar-refractivity contribution in [1.82, 2.24) is 0 Å². The highest BCUT2D eigenvalue weighted by atomic mass is 16.4. The van der Waals surface area contributed by atoms with Crippen molar-refractivity contribution in [2.24, 2.45) is 5.92 Å². The number of carbonyl (C=O) groups is 2. The molecule has 0 saturated carbocycles. The van der Waals surface area contributed by atoms with Crippen molar-refractivity contribution in [1.29, 1.82) is 0 Å². The minimum absolute atomic E-state index is 0.0364. The molecule has 1 unspecified atom stereocenters. The molecule has 92 valence electrons. The minimum Gasteiger partial charge on any atom is -0.481 e. The number of hydrogen-bond acceptors (Lipinski definition) is 2. The van der Waals surface area contributed by atoms with Crippen LogP contribution >= 0.6 is 0 Å². The van der Waals surface area contributed by atoms with E-state index in [1.54, 1.807) is 6.92 Å². The average Bonchev–Trinajstić information content (AvgIpc) is 2.15. The Labute approximate surface area is 101 Å². The summed E-state index contributed by atoms with van der Waals surface area (Å²) in [6.45, 7) is 5.60. The van der Waals surface area contributed by atoms with Crippen molar-refractivity contribution in [2.75, 3.05) is 0 Å². The number of hydrogen-bond donors (Lipinski definition) is 1. The third-order valence-electron chi connectivity index (χ3n) is 2.82. The monoisotopic (exact) mass is 234 g/mol. The van der Waals surface area contributed by atoms with Crippen LogP contribution in [0.4, 0.5) is 0 Å². The Hall–Kier alpha value is -1.64. The smallest absolute Gasteiger partial charge is 0.303 e. The molecule has 0 heterocycles. The first-order valence-electron chi connectivity index (χ1n) is 5.73. The van der Waals surface area contributed by atoms with Crippen molar-refractivity contribution in [3.05, 3.63) is 34.9 Å². The molecule has 3 heteroatoms. The molecule has 0 fully saturated rings. The van der Waals surface area contributed by atoms with Gasteiger partial charge in [0.25, 0.3) is 0 Å². The highest BCUT2D eigenvalue weighted by Gasteiger charge is 2.16. The fourth-order valence-electron chi connectivity index (χ4n) is 2.04. The summed E-state index contributed by atoms with van der Waals surface area (Å²) in [5.74, 6) is -0.944. The van der Waals surface area contributed by atoms with Crippen LogP contribution in [-0.2, 0) is 4.79 Å². The van der Waals surface area contributed by atoms with Gasteiger partial charge >= 0.3 is 5.97 Å². The Morgan fingerprint density at radius 1 is 1.18 bits per heavy atom. The molecule has 0 aliphatic rings. The molecule has 0 aliphatic carbocycles. The Kier molecular flexibility index (Phi) is 4.44. The molecule has 0 aromatic heterocycles. The van der Waals surface area contributed by atoms with Crippen molar-refractivity contribution in [2.45, 2.75) is 33.6 Å². The molecule has 1 atom stereocenters. The maximum atomic E-state index is 12.1. The predicted octanol–water partition coefficient (Wildman–Crippen LogP) is 2.99. The summed E-state index contributed by atoms with van der Waals surface area (Å²) in [7, 11) is 0. The second-order valence-electron chi connectivity index (χ2n) is 4.60. The zero-order valence-corrected chi connectivity index (χ0v) is 10.5. The van der Waals surface area contributed by atoms with Crippen molar-refractivity contribution in [3.63, 3.8) is 0 Å². The summed E-state index contributed by atoms with van der Waals surface area (Å²) < 4.78 is 0. The third-order valence-corrected chi connectivity index (χ3v) is 2.82. The molecular formula is C14H18O3. The number of benzene rings is 1. The maximum Gasteiger partial charge on any atom is 0.303 e. The SMILES string of the molecule is Cc1cccc(C)c1C(=O)CC(C)CC(=O)O. The zero-order valence-electron chi connectivity index (χ0n) is 10.5. The zero-order chi connectivity index (χ0) is 13.0. The van der Waals surface area contributed by atoms with E-state index in [9.17, 15) is 9.59 Å². The number of aryl methyl sites for hydroxylation is 2. The Morgan fingerprint density at radius 2 is 1.71 bits per heavy atom. The van der Waals surface area contributed by atoms with Crippen LogP contribution in [0.3, 0.4) is 0 Å². The minimum atomic E-state index is -0.855. The number of ketones is 1. The number of carbonyl (C=O) groups excluding carboxylic acids is 1. The van der Waals surface area contributed by atoms with E-state index in [0.717, 1.165) is 16.7 Å². The lowest BCUT2D eigenvalue weighted by Crippen LogP contribution is -2.12. The van der Waals surface area contributed by atoms with Crippen LogP contribution in [0.5, 0.6) is 0 Å². The lowest BCUT2D eigenvalue weighted by atomic mass is 9.92. The second-order valence-corrected chi connectivity index (χ2v) is 4.60. The van der Waals surface area contributed by atoms with E-state index >= 15 is 0 Å². The quantitative estimate of drug-likeness (QED) is 0.797. The van der Waals surface area contributed by atoms with E-state index in [2.05, 4.69) is 0 Å². The Bertz CT molecular complexity index is 415. The van der Waals surface area contributed by atoms with Gasteiger partial charge in [0.05, 0.1) is 0 Å². The fraction of sp³-hybridized carbons (Fsp3) is 0.429. The lowest BCUT2D eigenvalue weighted by Gasteiger charge is -2.11. The van der Waals surface area contributed by atoms with Crippen LogP contribution in [0.2, 0.25) is 0 Å². The van der Waals surface area contributed by atoms with Crippen molar-refractivity contribution in [3.8, 4) is 0 Å². The first kappa shape index (κ1) is 13.4. The number of carboxylic acids is 1. The maximum absolute atomic E-state index is 12.1. The molecule has 1 aromatic rings. The summed E-state index contributed by atoms with van der Waals surface area (Å²) in [6.07, 6.45) is 0.328. The van der Waals surface area contributed by atoms with Gasteiger partial charge in [-0.05, 0) is 30.9 Å². The van der Waals surface area contributed by atoms with Crippen LogP contribution in [0.25, 0.3) is 0 Å². The van der Waals surface area contributed by atoms with Gasteiger partial charge in [-0.2, -0.15) is 0 Å². The van der Waals surface area contributed by atoms with Crippen molar-refractivity contribution >= 4 is 11.8 Å². The number of rotatable bonds is 5. The first-order chi connectivity index (χ1) is 7.91. The van der Waals surface area contributed by atoms with E-state index in [4.69, 9.17) is 5.11 Å². The van der Waals surface area contributed by atoms with Crippen LogP contribution in [0.1, 0.15) is 41.3 Å². The van der Waals surface area contributed by atoms with Gasteiger partial charge < -0.3 is 5.11 Å². The molecule has 1 aromatic carbocycles. The van der Waals surface area contributed by atoms with Gasteiger partial charge in [-0.25, -0.2) is 0 Å². The molecule has 1 N–H and O–H groups in total. The highest BCUT2D eigenvalue weighted by molar-refractivity contribution is 5.99. The standard InChI is InChI=1S/C14H18O3/c1-9(8-13(16)17)7-12(15)14-10(2)5-4-6-11(14)3/h4-6,9H,7-8H2,1-3H3,(H,16,17). The molecule has 1 rings (SSSR count). The van der Waals surface area contributed by atoms with Crippen LogP contribution in [-0.4, -0.2) is 16.9 Å². The summed E-state index contributed by atoms with van der Waals surface area (Å²) >= 11 is 0. The van der Waals surface area contributed by atoms with Gasteiger partial charge in [0.15, 0.2) is 5.78 Å². The largest absolute Gasteiger partial charge is 0.481 e. The molecule has 0 saturated heterocycles. The van der Waals surface area contributed by atoms with Gasteiger partial charge in [-0.15, -0.1) is 0 Å². The summed E-state index contributed by atoms with van der Waals surface area (Å²) in [5.41, 5.74) is 2.65. The molecule has 0 radical (unpaired) electrons. The average molecular weight is 234 g/mol. The molecule has 0 aliphatic heterocycles. The van der Waals surface area contributed by atoms with Crippen LogP contribution in [0.15, 0.2) is 18.2 Å². The van der Waals surface area contributed by atoms with Gasteiger partial charge in [0, 0.05) is 18.4 Å². The fourth-order valence-corrected chi connectivity index (χ4v) is 2.04. The molecular weight excluding hydrogens is 216 g/mol. The summed E-state index contributed by atoms with van der Waals surface area (Å²) in [5, 5.41) is 8.67. The van der Waals surface area contributed by atoms with Gasteiger partial charge in [0.2, 0.25) is 0 Å². The second kappa shape index (κ2) is 5.62. The van der Waals surface area contributed by atoms with E-state index < -0.39 is 5.97 Å². The van der Waals surface area contributed by atoms with Gasteiger partial charge in [-0.3, -0.25) is 9.59 Å². The number of Topliss-reactive ketones (excluding diaryl/α,β-unsaturated/α-hetero) is 1. The Morgan fingerprint density at radius 3 is 2.18 bits per heavy atom.